The molecular formula is C16H12ClN3O. The molecule has 0 spiro atoms. The number of nitrogens with two attached hydrogens (primary N) is 1. The second kappa shape index (κ2) is 5.21. The van der Waals surface area contributed by atoms with Crippen LogP contribution in [0.1, 0.15) is 22.7 Å². The molecule has 0 saturated heterocycles. The van der Waals surface area contributed by atoms with Crippen LogP contribution in [0, 0.1) is 11.3 Å². The summed E-state index contributed by atoms with van der Waals surface area (Å²) in [6.07, 6.45) is 0. The normalized spacial score (nSPS) is 16.7. The number of halogens is 1. The van der Waals surface area contributed by atoms with Crippen LogP contribution in [0.4, 0.5) is 5.69 Å². The van der Waals surface area contributed by atoms with Crippen molar-refractivity contribution in [1.82, 2.24) is 0 Å². The molecule has 1 unspecified atom stereocenters. The van der Waals surface area contributed by atoms with Crippen LogP contribution in [0.2, 0.25) is 5.02 Å². The van der Waals surface area contributed by atoms with Crippen molar-refractivity contribution < 1.29 is 4.79 Å². The van der Waals surface area contributed by atoms with Gasteiger partial charge in [0, 0.05) is 16.3 Å². The topological polar surface area (TPSA) is 70.1 Å². The maximum Gasteiger partial charge on any atom is 0.248 e. The first-order valence-electron chi connectivity index (χ1n) is 6.45. The third-order valence-corrected chi connectivity index (χ3v) is 3.78. The fraction of sp³-hybridized carbons (Fsp3) is 0.125. The van der Waals surface area contributed by atoms with Gasteiger partial charge in [-0.1, -0.05) is 23.7 Å². The van der Waals surface area contributed by atoms with Crippen LogP contribution in [-0.4, -0.2) is 5.91 Å². The van der Waals surface area contributed by atoms with E-state index in [1.54, 1.807) is 41.3 Å². The van der Waals surface area contributed by atoms with Gasteiger partial charge in [-0.15, -0.1) is 0 Å². The molecule has 1 amide bonds. The third kappa shape index (κ3) is 2.38. The van der Waals surface area contributed by atoms with Crippen LogP contribution in [-0.2, 0) is 11.3 Å². The molecule has 0 radical (unpaired) electrons. The summed E-state index contributed by atoms with van der Waals surface area (Å²) in [4.78, 5) is 14.0. The quantitative estimate of drug-likeness (QED) is 0.926. The number of hydrogen-bond acceptors (Lipinski definition) is 3. The largest absolute Gasteiger partial charge is 0.316 e. The minimum Gasteiger partial charge on any atom is -0.316 e. The van der Waals surface area contributed by atoms with E-state index in [1.807, 2.05) is 6.07 Å². The average molecular weight is 298 g/mol. The Morgan fingerprint density at radius 3 is 2.86 bits per heavy atom. The molecule has 0 aromatic heterocycles. The Labute approximate surface area is 127 Å². The number of fused-ring (bicyclic) bond motifs is 1. The lowest BCUT2D eigenvalue weighted by molar-refractivity contribution is -0.119. The predicted octanol–water partition coefficient (Wildman–Crippen LogP) is 2.76. The molecule has 1 aliphatic heterocycles. The Balaban J connectivity index is 1.97. The summed E-state index contributed by atoms with van der Waals surface area (Å²) in [5, 5.41) is 9.50. The lowest BCUT2D eigenvalue weighted by Crippen LogP contribution is -2.31. The Kier molecular flexibility index (Phi) is 3.38. The first-order valence-corrected chi connectivity index (χ1v) is 6.83. The van der Waals surface area contributed by atoms with E-state index >= 15 is 0 Å². The van der Waals surface area contributed by atoms with Crippen molar-refractivity contribution in [2.45, 2.75) is 12.6 Å². The van der Waals surface area contributed by atoms with Gasteiger partial charge in [0.2, 0.25) is 5.91 Å². The third-order valence-electron chi connectivity index (χ3n) is 3.54. The zero-order valence-electron chi connectivity index (χ0n) is 11.1. The first-order chi connectivity index (χ1) is 10.1. The summed E-state index contributed by atoms with van der Waals surface area (Å²) >= 11 is 5.96. The molecule has 3 rings (SSSR count). The molecule has 1 aliphatic rings. The van der Waals surface area contributed by atoms with E-state index < -0.39 is 6.04 Å². The highest BCUT2D eigenvalue weighted by molar-refractivity contribution is 6.31. The number of nitrogens with zero attached hydrogens (tertiary/aromatic N) is 2. The van der Waals surface area contributed by atoms with E-state index in [1.165, 1.54) is 0 Å². The van der Waals surface area contributed by atoms with Crippen LogP contribution >= 0.6 is 11.6 Å². The Bertz CT molecular complexity index is 766. The van der Waals surface area contributed by atoms with E-state index in [9.17, 15) is 4.79 Å². The number of amides is 1. The SMILES string of the molecule is N#Cc1cccc(CN2C(=O)C(N)c3cc(Cl)ccc32)c1. The summed E-state index contributed by atoms with van der Waals surface area (Å²) in [7, 11) is 0. The van der Waals surface area contributed by atoms with Gasteiger partial charge in [0.15, 0.2) is 0 Å². The molecule has 21 heavy (non-hydrogen) atoms. The Morgan fingerprint density at radius 2 is 2.10 bits per heavy atom. The van der Waals surface area contributed by atoms with Gasteiger partial charge in [-0.2, -0.15) is 5.26 Å². The Morgan fingerprint density at radius 1 is 1.29 bits per heavy atom. The van der Waals surface area contributed by atoms with Gasteiger partial charge in [-0.05, 0) is 35.9 Å². The number of hydrogen-bond donors (Lipinski definition) is 1. The molecule has 0 bridgehead atoms. The van der Waals surface area contributed by atoms with Gasteiger partial charge >= 0.3 is 0 Å². The minimum absolute atomic E-state index is 0.158. The van der Waals surface area contributed by atoms with Gasteiger partial charge in [-0.3, -0.25) is 4.79 Å². The fourth-order valence-electron chi connectivity index (χ4n) is 2.52. The lowest BCUT2D eigenvalue weighted by Gasteiger charge is -2.17. The zero-order chi connectivity index (χ0) is 15.0. The summed E-state index contributed by atoms with van der Waals surface area (Å²) in [5.41, 5.74) is 8.93. The van der Waals surface area contributed by atoms with Crippen molar-refractivity contribution in [3.8, 4) is 6.07 Å². The van der Waals surface area contributed by atoms with Gasteiger partial charge in [-0.25, -0.2) is 0 Å². The van der Waals surface area contributed by atoms with Crippen molar-refractivity contribution in [2.75, 3.05) is 4.90 Å². The Hall–Kier alpha value is -2.35. The summed E-state index contributed by atoms with van der Waals surface area (Å²) in [5.74, 6) is -0.158. The van der Waals surface area contributed by atoms with Crippen molar-refractivity contribution in [3.05, 3.63) is 64.2 Å². The molecule has 104 valence electrons. The van der Waals surface area contributed by atoms with E-state index in [4.69, 9.17) is 22.6 Å². The second-order valence-electron chi connectivity index (χ2n) is 4.92. The van der Waals surface area contributed by atoms with Crippen LogP contribution in [0.3, 0.4) is 0 Å². The van der Waals surface area contributed by atoms with E-state index in [0.717, 1.165) is 16.8 Å². The molecule has 0 saturated carbocycles. The van der Waals surface area contributed by atoms with Crippen molar-refractivity contribution in [2.24, 2.45) is 5.73 Å². The van der Waals surface area contributed by atoms with Gasteiger partial charge in [0.05, 0.1) is 18.2 Å². The highest BCUT2D eigenvalue weighted by Crippen LogP contribution is 2.37. The fourth-order valence-corrected chi connectivity index (χ4v) is 2.71. The standard InChI is InChI=1S/C16H12ClN3O/c17-12-4-5-14-13(7-12)15(19)16(21)20(14)9-11-3-1-2-10(6-11)8-18/h1-7,15H,9,19H2. The van der Waals surface area contributed by atoms with Crippen LogP contribution in [0.15, 0.2) is 42.5 Å². The minimum atomic E-state index is -0.683. The predicted molar refractivity (Wildman–Crippen MR) is 80.7 cm³/mol. The highest BCUT2D eigenvalue weighted by Gasteiger charge is 2.34. The van der Waals surface area contributed by atoms with Crippen molar-refractivity contribution in [3.63, 3.8) is 0 Å². The number of rotatable bonds is 2. The molecule has 4 nitrogen and oxygen atoms in total. The maximum absolute atomic E-state index is 12.3. The highest BCUT2D eigenvalue weighted by atomic mass is 35.5. The molecule has 1 heterocycles. The lowest BCUT2D eigenvalue weighted by atomic mass is 10.1. The molecular weight excluding hydrogens is 286 g/mol. The van der Waals surface area contributed by atoms with Crippen molar-refractivity contribution in [1.29, 1.82) is 5.26 Å². The van der Waals surface area contributed by atoms with Crippen LogP contribution in [0.5, 0.6) is 0 Å². The number of carbonyl (C=O) groups is 1. The van der Waals surface area contributed by atoms with Crippen molar-refractivity contribution >= 4 is 23.2 Å². The number of anilines is 1. The van der Waals surface area contributed by atoms with E-state index in [-0.39, 0.29) is 5.91 Å². The van der Waals surface area contributed by atoms with Crippen LogP contribution in [0.25, 0.3) is 0 Å². The first kappa shape index (κ1) is 13.6. The zero-order valence-corrected chi connectivity index (χ0v) is 11.8. The number of carbonyl (C=O) groups excluding carboxylic acids is 1. The second-order valence-corrected chi connectivity index (χ2v) is 5.35. The molecule has 2 aromatic rings. The molecule has 0 aliphatic carbocycles. The summed E-state index contributed by atoms with van der Waals surface area (Å²) in [6, 6.07) is 13.9. The molecule has 2 N–H and O–H groups in total. The number of benzene rings is 2. The van der Waals surface area contributed by atoms with E-state index in [0.29, 0.717) is 17.1 Å². The van der Waals surface area contributed by atoms with E-state index in [2.05, 4.69) is 6.07 Å². The van der Waals surface area contributed by atoms with Gasteiger partial charge in [0.1, 0.15) is 6.04 Å². The van der Waals surface area contributed by atoms with Crippen LogP contribution < -0.4 is 10.6 Å². The van der Waals surface area contributed by atoms with Gasteiger partial charge in [0.25, 0.3) is 0 Å². The summed E-state index contributed by atoms with van der Waals surface area (Å²) in [6.45, 7) is 0.386. The molecule has 2 aromatic carbocycles. The monoisotopic (exact) mass is 297 g/mol. The number of nitriles is 1. The van der Waals surface area contributed by atoms with Gasteiger partial charge < -0.3 is 10.6 Å². The summed E-state index contributed by atoms with van der Waals surface area (Å²) < 4.78 is 0. The average Bonchev–Trinajstić information content (AvgIpc) is 2.72. The maximum atomic E-state index is 12.3. The smallest absolute Gasteiger partial charge is 0.248 e. The molecule has 0 fully saturated rings. The molecule has 5 heteroatoms. The molecule has 1 atom stereocenters.